The number of aromatic amines is 1. The highest BCUT2D eigenvalue weighted by Crippen LogP contribution is 2.55. The second-order valence-electron chi connectivity index (χ2n) is 11.4. The van der Waals surface area contributed by atoms with E-state index < -0.39 is 5.41 Å². The number of likely N-dealkylation sites (tertiary alicyclic amines) is 2. The molecule has 2 aliphatic carbocycles. The molecule has 1 spiro atoms. The molecule has 4 aliphatic rings. The van der Waals surface area contributed by atoms with E-state index in [1.807, 2.05) is 47.9 Å². The maximum Gasteiger partial charge on any atom is 0.320 e. The summed E-state index contributed by atoms with van der Waals surface area (Å²) in [5.41, 5.74) is 0.352. The second kappa shape index (κ2) is 7.96. The van der Waals surface area contributed by atoms with Crippen molar-refractivity contribution in [3.8, 4) is 5.75 Å². The normalized spacial score (nSPS) is 21.8. The van der Waals surface area contributed by atoms with Crippen molar-refractivity contribution < 1.29 is 19.1 Å². The lowest BCUT2D eigenvalue weighted by atomic mass is 9.57. The lowest BCUT2D eigenvalue weighted by Gasteiger charge is -2.59. The molecule has 186 valence electrons. The summed E-state index contributed by atoms with van der Waals surface area (Å²) in [5, 5.41) is 8.69. The lowest BCUT2D eigenvalue weighted by Crippen LogP contribution is -2.68. The van der Waals surface area contributed by atoms with Crippen LogP contribution in [-0.4, -0.2) is 76.4 Å². The van der Waals surface area contributed by atoms with Crippen molar-refractivity contribution in [2.24, 2.45) is 5.41 Å². The van der Waals surface area contributed by atoms with Gasteiger partial charge in [0.05, 0.1) is 25.6 Å². The predicted octanol–water partition coefficient (Wildman–Crippen LogP) is 3.20. The molecule has 35 heavy (non-hydrogen) atoms. The predicted molar refractivity (Wildman–Crippen MR) is 127 cm³/mol. The highest BCUT2D eigenvalue weighted by molar-refractivity contribution is 5.82. The van der Waals surface area contributed by atoms with E-state index in [0.29, 0.717) is 30.7 Å². The van der Waals surface area contributed by atoms with E-state index in [4.69, 9.17) is 9.47 Å². The Kier molecular flexibility index (Phi) is 5.09. The van der Waals surface area contributed by atoms with Crippen LogP contribution in [0, 0.1) is 5.41 Å². The Morgan fingerprint density at radius 2 is 1.74 bits per heavy atom. The smallest absolute Gasteiger partial charge is 0.320 e. The van der Waals surface area contributed by atoms with Crippen LogP contribution in [0.15, 0.2) is 24.3 Å². The maximum atomic E-state index is 12.9. The van der Waals surface area contributed by atoms with E-state index in [9.17, 15) is 9.59 Å². The van der Waals surface area contributed by atoms with Crippen molar-refractivity contribution in [3.63, 3.8) is 0 Å². The summed E-state index contributed by atoms with van der Waals surface area (Å²) in [5.74, 6) is 3.56. The molecular weight excluding hydrogens is 446 g/mol. The van der Waals surface area contributed by atoms with E-state index in [1.54, 1.807) is 0 Å². The van der Waals surface area contributed by atoms with Gasteiger partial charge in [-0.2, -0.15) is 0 Å². The molecule has 0 bridgehead atoms. The minimum Gasteiger partial charge on any atom is -0.487 e. The Bertz CT molecular complexity index is 1140. The number of nitrogens with one attached hydrogen (secondary N) is 1. The van der Waals surface area contributed by atoms with Gasteiger partial charge in [0.15, 0.2) is 0 Å². The van der Waals surface area contributed by atoms with Gasteiger partial charge in [-0.15, -0.1) is 10.2 Å². The monoisotopic (exact) mass is 479 g/mol. The molecule has 2 saturated carbocycles. The first kappa shape index (κ1) is 22.4. The van der Waals surface area contributed by atoms with Crippen molar-refractivity contribution in [1.29, 1.82) is 0 Å². The van der Waals surface area contributed by atoms with Gasteiger partial charge in [0.2, 0.25) is 0 Å². The Morgan fingerprint density at radius 1 is 1.06 bits per heavy atom. The van der Waals surface area contributed by atoms with E-state index in [-0.39, 0.29) is 23.5 Å². The topological polar surface area (TPSA) is 101 Å². The van der Waals surface area contributed by atoms with Crippen molar-refractivity contribution in [2.45, 2.75) is 62.9 Å². The quantitative estimate of drug-likeness (QED) is 0.639. The summed E-state index contributed by atoms with van der Waals surface area (Å²) < 4.78 is 11.0. The number of amides is 2. The number of esters is 1. The van der Waals surface area contributed by atoms with Crippen molar-refractivity contribution >= 4 is 12.0 Å². The Hall–Kier alpha value is -3.10. The molecule has 2 amide bonds. The summed E-state index contributed by atoms with van der Waals surface area (Å²) in [6.45, 7) is 6.50. The average molecular weight is 480 g/mol. The Balaban J connectivity index is 0.957. The zero-order chi connectivity index (χ0) is 24.4. The first-order chi connectivity index (χ1) is 16.8. The highest BCUT2D eigenvalue weighted by Gasteiger charge is 2.56. The van der Waals surface area contributed by atoms with Gasteiger partial charge < -0.3 is 24.3 Å². The summed E-state index contributed by atoms with van der Waals surface area (Å²) >= 11 is 0. The number of rotatable bonds is 6. The first-order valence-electron chi connectivity index (χ1n) is 12.6. The van der Waals surface area contributed by atoms with Gasteiger partial charge in [0.1, 0.15) is 23.5 Å². The molecule has 6 rings (SSSR count). The van der Waals surface area contributed by atoms with Crippen LogP contribution in [-0.2, 0) is 14.9 Å². The molecular formula is C26H33N5O4. The Morgan fingerprint density at radius 3 is 2.40 bits per heavy atom. The van der Waals surface area contributed by atoms with Crippen LogP contribution in [0.5, 0.6) is 5.75 Å². The van der Waals surface area contributed by atoms with Crippen LogP contribution in [0.3, 0.4) is 0 Å². The van der Waals surface area contributed by atoms with Crippen LogP contribution in [0.1, 0.15) is 68.6 Å². The summed E-state index contributed by atoms with van der Waals surface area (Å²) in [6.07, 6.45) is 4.58. The van der Waals surface area contributed by atoms with E-state index in [0.717, 1.165) is 43.1 Å². The molecule has 9 heteroatoms. The third-order valence-electron chi connectivity index (χ3n) is 8.23. The number of carbonyl (C=O) groups is 2. The number of methoxy groups -OCH3 is 1. The third-order valence-corrected chi connectivity index (χ3v) is 8.23. The number of aromatic nitrogens is 3. The fourth-order valence-corrected chi connectivity index (χ4v) is 5.74. The zero-order valence-electron chi connectivity index (χ0n) is 20.6. The van der Waals surface area contributed by atoms with E-state index >= 15 is 0 Å². The number of hydrogen-bond donors (Lipinski definition) is 1. The van der Waals surface area contributed by atoms with Gasteiger partial charge >= 0.3 is 12.0 Å². The molecule has 2 saturated heterocycles. The first-order valence-corrected chi connectivity index (χ1v) is 12.6. The number of H-pyrrole nitrogens is 1. The van der Waals surface area contributed by atoms with Crippen LogP contribution >= 0.6 is 0 Å². The number of hydrogen-bond acceptors (Lipinski definition) is 6. The molecule has 2 aliphatic heterocycles. The molecule has 2 aromatic rings. The van der Waals surface area contributed by atoms with Crippen LogP contribution < -0.4 is 4.74 Å². The number of urea groups is 1. The summed E-state index contributed by atoms with van der Waals surface area (Å²) in [6, 6.07) is 7.66. The fraction of sp³-hybridized carbons (Fsp3) is 0.615. The van der Waals surface area contributed by atoms with E-state index in [2.05, 4.69) is 15.2 Å². The zero-order valence-corrected chi connectivity index (χ0v) is 20.6. The number of benzene rings is 1. The van der Waals surface area contributed by atoms with Gasteiger partial charge in [-0.1, -0.05) is 12.1 Å². The minimum absolute atomic E-state index is 0.0362. The van der Waals surface area contributed by atoms with Gasteiger partial charge in [-0.25, -0.2) is 4.79 Å². The standard InChI is InChI=1S/C26H33N5O4/c1-25(2,23(32)34-3)18-5-4-6-19(9-18)35-20-12-30(13-20)24(33)31-14-26(15-31)10-17(11-26)22-27-21(28-29-22)16-7-8-16/h4-6,9,16-17,20H,7-8,10-15H2,1-3H3,(H,27,28,29). The number of carbonyl (C=O) groups excluding carboxylic acids is 2. The number of ether oxygens (including phenoxy) is 2. The van der Waals surface area contributed by atoms with Crippen LogP contribution in [0.4, 0.5) is 4.79 Å². The van der Waals surface area contributed by atoms with Gasteiger partial charge in [0, 0.05) is 30.3 Å². The summed E-state index contributed by atoms with van der Waals surface area (Å²) in [7, 11) is 1.40. The van der Waals surface area contributed by atoms with E-state index in [1.165, 1.54) is 20.0 Å². The fourth-order valence-electron chi connectivity index (χ4n) is 5.74. The van der Waals surface area contributed by atoms with Gasteiger partial charge in [-0.3, -0.25) is 4.79 Å². The molecule has 3 heterocycles. The number of nitrogens with zero attached hydrogens (tertiary/aromatic N) is 4. The SMILES string of the molecule is COC(=O)C(C)(C)c1cccc(OC2CN(C(=O)N3CC4(CC(c5nnc(C6CC6)[nH]5)C4)C3)C2)c1. The van der Waals surface area contributed by atoms with Crippen LogP contribution in [0.2, 0.25) is 0 Å². The second-order valence-corrected chi connectivity index (χ2v) is 11.4. The molecule has 0 atom stereocenters. The van der Waals surface area contributed by atoms with Crippen molar-refractivity contribution in [3.05, 3.63) is 41.5 Å². The van der Waals surface area contributed by atoms with Crippen LogP contribution in [0.25, 0.3) is 0 Å². The molecule has 4 fully saturated rings. The molecule has 9 nitrogen and oxygen atoms in total. The van der Waals surface area contributed by atoms with Crippen molar-refractivity contribution in [2.75, 3.05) is 33.3 Å². The molecule has 1 aromatic heterocycles. The molecule has 1 aromatic carbocycles. The van der Waals surface area contributed by atoms with Gasteiger partial charge in [0.25, 0.3) is 0 Å². The maximum absolute atomic E-state index is 12.9. The largest absolute Gasteiger partial charge is 0.487 e. The van der Waals surface area contributed by atoms with Crippen molar-refractivity contribution in [1.82, 2.24) is 25.0 Å². The molecule has 0 radical (unpaired) electrons. The lowest BCUT2D eigenvalue weighted by molar-refractivity contribution is -0.146. The minimum atomic E-state index is -0.753. The Labute approximate surface area is 205 Å². The average Bonchev–Trinajstić information content (AvgIpc) is 3.51. The molecule has 1 N–H and O–H groups in total. The molecule has 0 unspecified atom stereocenters. The van der Waals surface area contributed by atoms with Gasteiger partial charge in [-0.05, 0) is 57.2 Å². The highest BCUT2D eigenvalue weighted by atomic mass is 16.5. The summed E-state index contributed by atoms with van der Waals surface area (Å²) in [4.78, 5) is 32.2. The third kappa shape index (κ3) is 3.94.